The number of aromatic nitrogens is 2. The number of hydrogen-bond acceptors (Lipinski definition) is 2. The van der Waals surface area contributed by atoms with Crippen molar-refractivity contribution in [1.82, 2.24) is 15.3 Å². The minimum atomic E-state index is 0.608. The van der Waals surface area contributed by atoms with E-state index < -0.39 is 0 Å². The third-order valence-corrected chi connectivity index (χ3v) is 2.81. The molecule has 1 aromatic heterocycles. The zero-order valence-electron chi connectivity index (χ0n) is 8.72. The van der Waals surface area contributed by atoms with Gasteiger partial charge in [-0.05, 0) is 25.2 Å². The van der Waals surface area contributed by atoms with Crippen LogP contribution in [0.2, 0.25) is 10.0 Å². The van der Waals surface area contributed by atoms with E-state index in [-0.39, 0.29) is 0 Å². The Hall–Kier alpha value is -1.03. The first kappa shape index (κ1) is 11.5. The second-order valence-corrected chi connectivity index (χ2v) is 4.23. The van der Waals surface area contributed by atoms with E-state index in [1.165, 1.54) is 0 Å². The Kier molecular flexibility index (Phi) is 3.49. The summed E-state index contributed by atoms with van der Waals surface area (Å²) in [6, 6.07) is 5.40. The molecule has 0 aliphatic heterocycles. The maximum absolute atomic E-state index is 6.13. The number of H-pyrrole nitrogens is 1. The number of nitrogens with one attached hydrogen (secondary N) is 2. The highest BCUT2D eigenvalue weighted by molar-refractivity contribution is 6.36. The van der Waals surface area contributed by atoms with Gasteiger partial charge in [-0.2, -0.15) is 0 Å². The number of benzene rings is 1. The molecule has 0 aliphatic rings. The normalized spacial score (nSPS) is 10.7. The molecule has 2 rings (SSSR count). The molecule has 0 unspecified atom stereocenters. The van der Waals surface area contributed by atoms with Crippen molar-refractivity contribution in [3.05, 3.63) is 40.3 Å². The van der Waals surface area contributed by atoms with Gasteiger partial charge in [0.2, 0.25) is 0 Å². The van der Waals surface area contributed by atoms with Crippen LogP contribution in [0.25, 0.3) is 11.3 Å². The maximum Gasteiger partial charge on any atom is 0.0940 e. The summed E-state index contributed by atoms with van der Waals surface area (Å²) in [7, 11) is 1.88. The molecule has 2 aromatic rings. The van der Waals surface area contributed by atoms with Gasteiger partial charge >= 0.3 is 0 Å². The second-order valence-electron chi connectivity index (χ2n) is 3.38. The molecule has 0 atom stereocenters. The number of imidazole rings is 1. The molecule has 0 radical (unpaired) electrons. The lowest BCUT2D eigenvalue weighted by Crippen LogP contribution is -2.06. The first-order chi connectivity index (χ1) is 7.72. The molecule has 2 N–H and O–H groups in total. The quantitative estimate of drug-likeness (QED) is 0.885. The topological polar surface area (TPSA) is 40.7 Å². The highest BCUT2D eigenvalue weighted by Gasteiger charge is 2.11. The molecular weight excluding hydrogens is 245 g/mol. The van der Waals surface area contributed by atoms with E-state index in [0.29, 0.717) is 16.6 Å². The van der Waals surface area contributed by atoms with Gasteiger partial charge in [0, 0.05) is 17.1 Å². The van der Waals surface area contributed by atoms with E-state index in [1.807, 2.05) is 13.1 Å². The molecule has 0 saturated carbocycles. The predicted octanol–water partition coefficient (Wildman–Crippen LogP) is 3.10. The van der Waals surface area contributed by atoms with Gasteiger partial charge in [0.25, 0.3) is 0 Å². The Morgan fingerprint density at radius 3 is 2.88 bits per heavy atom. The molecule has 0 bridgehead atoms. The molecular formula is C11H11Cl2N3. The maximum atomic E-state index is 6.13. The van der Waals surface area contributed by atoms with Crippen molar-refractivity contribution in [1.29, 1.82) is 0 Å². The van der Waals surface area contributed by atoms with Crippen LogP contribution >= 0.6 is 23.2 Å². The summed E-state index contributed by atoms with van der Waals surface area (Å²) in [4.78, 5) is 7.35. The van der Waals surface area contributed by atoms with E-state index in [0.717, 1.165) is 17.0 Å². The summed E-state index contributed by atoms with van der Waals surface area (Å²) in [6.07, 6.45) is 1.66. The molecule has 0 spiro atoms. The lowest BCUT2D eigenvalue weighted by molar-refractivity contribution is 0.798. The van der Waals surface area contributed by atoms with E-state index in [9.17, 15) is 0 Å². The summed E-state index contributed by atoms with van der Waals surface area (Å²) >= 11 is 12.0. The molecule has 1 aromatic carbocycles. The first-order valence-corrected chi connectivity index (χ1v) is 5.60. The molecule has 0 saturated heterocycles. The third-order valence-electron chi connectivity index (χ3n) is 2.26. The summed E-state index contributed by atoms with van der Waals surface area (Å²) in [5, 5.41) is 4.30. The van der Waals surface area contributed by atoms with E-state index in [2.05, 4.69) is 15.3 Å². The van der Waals surface area contributed by atoms with Crippen molar-refractivity contribution in [2.75, 3.05) is 7.05 Å². The number of aromatic amines is 1. The number of nitrogens with zero attached hydrogens (tertiary/aromatic N) is 1. The lowest BCUT2D eigenvalue weighted by Gasteiger charge is -2.04. The van der Waals surface area contributed by atoms with E-state index in [4.69, 9.17) is 23.2 Å². The molecule has 84 valence electrons. The van der Waals surface area contributed by atoms with Gasteiger partial charge in [0.1, 0.15) is 0 Å². The molecule has 3 nitrogen and oxygen atoms in total. The zero-order valence-corrected chi connectivity index (χ0v) is 10.2. The van der Waals surface area contributed by atoms with Crippen LogP contribution in [0.15, 0.2) is 24.5 Å². The summed E-state index contributed by atoms with van der Waals surface area (Å²) < 4.78 is 0. The van der Waals surface area contributed by atoms with Gasteiger partial charge in [-0.1, -0.05) is 23.2 Å². The smallest absolute Gasteiger partial charge is 0.0940 e. The van der Waals surface area contributed by atoms with Gasteiger partial charge in [-0.3, -0.25) is 0 Å². The lowest BCUT2D eigenvalue weighted by atomic mass is 10.1. The van der Waals surface area contributed by atoms with E-state index >= 15 is 0 Å². The van der Waals surface area contributed by atoms with Gasteiger partial charge in [-0.25, -0.2) is 4.98 Å². The van der Waals surface area contributed by atoms with Crippen LogP contribution in [-0.2, 0) is 6.54 Å². The highest BCUT2D eigenvalue weighted by Crippen LogP contribution is 2.30. The molecule has 0 aliphatic carbocycles. The Balaban J connectivity index is 2.46. The van der Waals surface area contributed by atoms with Crippen LogP contribution in [0.4, 0.5) is 0 Å². The minimum absolute atomic E-state index is 0.608. The standard InChI is InChI=1S/C11H11Cl2N3/c1-14-5-10-11(16-6-15-10)8-3-2-7(12)4-9(8)13/h2-4,6,14H,5H2,1H3,(H,15,16). The van der Waals surface area contributed by atoms with Crippen molar-refractivity contribution >= 4 is 23.2 Å². The predicted molar refractivity (Wildman–Crippen MR) is 66.8 cm³/mol. The van der Waals surface area contributed by atoms with Crippen LogP contribution in [0.1, 0.15) is 5.69 Å². The molecule has 1 heterocycles. The van der Waals surface area contributed by atoms with Gasteiger partial charge in [0.15, 0.2) is 0 Å². The number of rotatable bonds is 3. The van der Waals surface area contributed by atoms with Gasteiger partial charge in [0.05, 0.1) is 22.7 Å². The Bertz CT molecular complexity index is 494. The molecule has 0 amide bonds. The largest absolute Gasteiger partial charge is 0.347 e. The van der Waals surface area contributed by atoms with Crippen LogP contribution in [0.5, 0.6) is 0 Å². The Labute approximate surface area is 104 Å². The zero-order chi connectivity index (χ0) is 11.5. The van der Waals surface area contributed by atoms with Crippen LogP contribution in [0, 0.1) is 0 Å². The molecule has 5 heteroatoms. The monoisotopic (exact) mass is 255 g/mol. The van der Waals surface area contributed by atoms with Crippen molar-refractivity contribution in [3.8, 4) is 11.3 Å². The summed E-state index contributed by atoms with van der Waals surface area (Å²) in [6.45, 7) is 0.717. The highest BCUT2D eigenvalue weighted by atomic mass is 35.5. The average Bonchev–Trinajstić information content (AvgIpc) is 2.67. The molecule has 0 fully saturated rings. The van der Waals surface area contributed by atoms with Gasteiger partial charge < -0.3 is 10.3 Å². The van der Waals surface area contributed by atoms with Gasteiger partial charge in [-0.15, -0.1) is 0 Å². The fourth-order valence-electron chi connectivity index (χ4n) is 1.55. The van der Waals surface area contributed by atoms with E-state index in [1.54, 1.807) is 18.5 Å². The Morgan fingerprint density at radius 1 is 1.38 bits per heavy atom. The van der Waals surface area contributed by atoms with Crippen molar-refractivity contribution in [2.45, 2.75) is 6.54 Å². The molecule has 16 heavy (non-hydrogen) atoms. The SMILES string of the molecule is CNCc1[nH]cnc1-c1ccc(Cl)cc1Cl. The van der Waals surface area contributed by atoms with Crippen LogP contribution in [0.3, 0.4) is 0 Å². The Morgan fingerprint density at radius 2 is 2.19 bits per heavy atom. The average molecular weight is 256 g/mol. The number of halogens is 2. The van der Waals surface area contributed by atoms with Crippen molar-refractivity contribution < 1.29 is 0 Å². The number of hydrogen-bond donors (Lipinski definition) is 2. The fourth-order valence-corrected chi connectivity index (χ4v) is 2.04. The van der Waals surface area contributed by atoms with Crippen molar-refractivity contribution in [3.63, 3.8) is 0 Å². The second kappa shape index (κ2) is 4.87. The first-order valence-electron chi connectivity index (χ1n) is 4.84. The summed E-state index contributed by atoms with van der Waals surface area (Å²) in [5.74, 6) is 0. The summed E-state index contributed by atoms with van der Waals surface area (Å²) in [5.41, 5.74) is 2.75. The van der Waals surface area contributed by atoms with Crippen LogP contribution < -0.4 is 5.32 Å². The van der Waals surface area contributed by atoms with Crippen molar-refractivity contribution in [2.24, 2.45) is 0 Å². The third kappa shape index (κ3) is 2.21. The van der Waals surface area contributed by atoms with Crippen LogP contribution in [-0.4, -0.2) is 17.0 Å². The fraction of sp³-hybridized carbons (Fsp3) is 0.182. The minimum Gasteiger partial charge on any atom is -0.347 e.